The summed E-state index contributed by atoms with van der Waals surface area (Å²) in [5.74, 6) is 1.10. The molecule has 0 saturated carbocycles. The van der Waals surface area contributed by atoms with Gasteiger partial charge in [-0.25, -0.2) is 0 Å². The Labute approximate surface area is 72.0 Å². The van der Waals surface area contributed by atoms with E-state index in [0.29, 0.717) is 6.04 Å². The fourth-order valence-electron chi connectivity index (χ4n) is 1.68. The van der Waals surface area contributed by atoms with Crippen LogP contribution in [0.4, 0.5) is 0 Å². The summed E-state index contributed by atoms with van der Waals surface area (Å²) < 4.78 is 2.14. The van der Waals surface area contributed by atoms with Crippen LogP contribution in [0.5, 0.6) is 0 Å². The van der Waals surface area contributed by atoms with E-state index in [1.54, 1.807) is 0 Å². The van der Waals surface area contributed by atoms with Crippen LogP contribution in [-0.2, 0) is 6.54 Å². The summed E-state index contributed by atoms with van der Waals surface area (Å²) in [5.41, 5.74) is 0. The maximum absolute atomic E-state index is 4.11. The third-order valence-corrected chi connectivity index (χ3v) is 2.28. The Bertz CT molecular complexity index is 255. The first-order valence-corrected chi connectivity index (χ1v) is 4.53. The third-order valence-electron chi connectivity index (χ3n) is 2.28. The minimum Gasteiger partial charge on any atom is -0.315 e. The second-order valence-corrected chi connectivity index (χ2v) is 3.18. The monoisotopic (exact) mass is 166 g/mol. The van der Waals surface area contributed by atoms with Gasteiger partial charge in [0.1, 0.15) is 12.2 Å². The molecule has 0 spiro atoms. The summed E-state index contributed by atoms with van der Waals surface area (Å²) in [6.45, 7) is 4.23. The summed E-state index contributed by atoms with van der Waals surface area (Å²) >= 11 is 0. The highest BCUT2D eigenvalue weighted by Crippen LogP contribution is 2.18. The summed E-state index contributed by atoms with van der Waals surface area (Å²) in [6.07, 6.45) is 4.15. The Morgan fingerprint density at radius 1 is 1.75 bits per heavy atom. The van der Waals surface area contributed by atoms with Gasteiger partial charge in [-0.05, 0) is 6.42 Å². The van der Waals surface area contributed by atoms with Gasteiger partial charge < -0.3 is 9.88 Å². The van der Waals surface area contributed by atoms with Gasteiger partial charge in [-0.15, -0.1) is 10.2 Å². The Balaban J connectivity index is 2.19. The van der Waals surface area contributed by atoms with Crippen LogP contribution >= 0.6 is 0 Å². The molecule has 1 atom stereocenters. The average Bonchev–Trinajstić information content (AvgIpc) is 2.53. The maximum atomic E-state index is 4.11. The van der Waals surface area contributed by atoms with Gasteiger partial charge in [0.05, 0.1) is 6.04 Å². The molecule has 2 rings (SSSR count). The molecule has 0 amide bonds. The minimum atomic E-state index is 0.422. The van der Waals surface area contributed by atoms with Gasteiger partial charge >= 0.3 is 0 Å². The van der Waals surface area contributed by atoms with Gasteiger partial charge in [-0.2, -0.15) is 0 Å². The fourth-order valence-corrected chi connectivity index (χ4v) is 1.68. The molecule has 0 aromatic carbocycles. The fraction of sp³-hybridized carbons (Fsp3) is 0.750. The van der Waals surface area contributed by atoms with E-state index in [1.807, 2.05) is 6.33 Å². The van der Waals surface area contributed by atoms with Crippen LogP contribution in [-0.4, -0.2) is 21.3 Å². The Hall–Kier alpha value is -0.900. The molecule has 1 aromatic heterocycles. The second-order valence-electron chi connectivity index (χ2n) is 3.18. The van der Waals surface area contributed by atoms with E-state index in [2.05, 4.69) is 27.0 Å². The van der Waals surface area contributed by atoms with Crippen molar-refractivity contribution in [2.45, 2.75) is 32.4 Å². The molecule has 1 N–H and O–H groups in total. The molecule has 1 aliphatic heterocycles. The molecule has 0 saturated heterocycles. The molecule has 66 valence electrons. The minimum absolute atomic E-state index is 0.422. The van der Waals surface area contributed by atoms with E-state index in [1.165, 1.54) is 6.42 Å². The van der Waals surface area contributed by atoms with Crippen molar-refractivity contribution in [3.05, 3.63) is 12.2 Å². The number of nitrogens with zero attached hydrogens (tertiary/aromatic N) is 3. The van der Waals surface area contributed by atoms with E-state index in [0.717, 1.165) is 25.3 Å². The average molecular weight is 166 g/mol. The van der Waals surface area contributed by atoms with Crippen molar-refractivity contribution >= 4 is 0 Å². The van der Waals surface area contributed by atoms with E-state index in [-0.39, 0.29) is 0 Å². The van der Waals surface area contributed by atoms with Crippen LogP contribution in [0.25, 0.3) is 0 Å². The first-order chi connectivity index (χ1) is 5.92. The van der Waals surface area contributed by atoms with Gasteiger partial charge in [0, 0.05) is 13.1 Å². The molecule has 4 heteroatoms. The van der Waals surface area contributed by atoms with Crippen LogP contribution in [0.3, 0.4) is 0 Å². The van der Waals surface area contributed by atoms with Crippen molar-refractivity contribution in [1.82, 2.24) is 20.1 Å². The highest BCUT2D eigenvalue weighted by Gasteiger charge is 2.19. The molecule has 12 heavy (non-hydrogen) atoms. The molecule has 0 bridgehead atoms. The van der Waals surface area contributed by atoms with Gasteiger partial charge in [0.25, 0.3) is 0 Å². The smallest absolute Gasteiger partial charge is 0.150 e. The summed E-state index contributed by atoms with van der Waals surface area (Å²) in [4.78, 5) is 0. The van der Waals surface area contributed by atoms with Gasteiger partial charge in [-0.1, -0.05) is 13.3 Å². The van der Waals surface area contributed by atoms with Crippen molar-refractivity contribution in [3.8, 4) is 0 Å². The third kappa shape index (κ3) is 1.22. The number of hydrogen-bond acceptors (Lipinski definition) is 3. The van der Waals surface area contributed by atoms with Crippen molar-refractivity contribution in [2.24, 2.45) is 0 Å². The second kappa shape index (κ2) is 3.23. The standard InChI is InChI=1S/C8H14N4/c1-2-3-7-8-11-10-6-12(8)5-4-9-7/h6-7,9H,2-5H2,1H3. The van der Waals surface area contributed by atoms with E-state index >= 15 is 0 Å². The van der Waals surface area contributed by atoms with Gasteiger partial charge in [-0.3, -0.25) is 0 Å². The van der Waals surface area contributed by atoms with Gasteiger partial charge in [0.15, 0.2) is 0 Å². The lowest BCUT2D eigenvalue weighted by Crippen LogP contribution is -2.33. The van der Waals surface area contributed by atoms with Crippen molar-refractivity contribution in [3.63, 3.8) is 0 Å². The van der Waals surface area contributed by atoms with E-state index in [9.17, 15) is 0 Å². The SMILES string of the molecule is CCCC1NCCn2cnnc21. The molecular weight excluding hydrogens is 152 g/mol. The van der Waals surface area contributed by atoms with Crippen LogP contribution in [0.1, 0.15) is 31.6 Å². The Kier molecular flexibility index (Phi) is 2.08. The molecule has 0 aliphatic carbocycles. The van der Waals surface area contributed by atoms with Crippen molar-refractivity contribution < 1.29 is 0 Å². The molecule has 0 fully saturated rings. The molecule has 1 aromatic rings. The maximum Gasteiger partial charge on any atom is 0.150 e. The van der Waals surface area contributed by atoms with Crippen molar-refractivity contribution in [2.75, 3.05) is 6.54 Å². The molecule has 1 unspecified atom stereocenters. The first-order valence-electron chi connectivity index (χ1n) is 4.53. The van der Waals surface area contributed by atoms with Crippen LogP contribution in [0, 0.1) is 0 Å². The van der Waals surface area contributed by atoms with Crippen molar-refractivity contribution in [1.29, 1.82) is 0 Å². The normalized spacial score (nSPS) is 22.2. The predicted molar refractivity (Wildman–Crippen MR) is 45.7 cm³/mol. The predicted octanol–water partition coefficient (Wildman–Crippen LogP) is 0.722. The zero-order valence-electron chi connectivity index (χ0n) is 7.32. The molecule has 4 nitrogen and oxygen atoms in total. The highest BCUT2D eigenvalue weighted by atomic mass is 15.3. The number of hydrogen-bond donors (Lipinski definition) is 1. The lowest BCUT2D eigenvalue weighted by Gasteiger charge is -2.23. The summed E-state index contributed by atoms with van der Waals surface area (Å²) in [5, 5.41) is 11.5. The molecule has 1 aliphatic rings. The quantitative estimate of drug-likeness (QED) is 0.704. The lowest BCUT2D eigenvalue weighted by molar-refractivity contribution is 0.393. The largest absolute Gasteiger partial charge is 0.315 e. The Morgan fingerprint density at radius 2 is 2.67 bits per heavy atom. The van der Waals surface area contributed by atoms with E-state index < -0.39 is 0 Å². The number of rotatable bonds is 2. The topological polar surface area (TPSA) is 42.7 Å². The number of nitrogens with one attached hydrogen (secondary N) is 1. The zero-order valence-corrected chi connectivity index (χ0v) is 7.32. The molecule has 2 heterocycles. The van der Waals surface area contributed by atoms with Crippen LogP contribution in [0.2, 0.25) is 0 Å². The molecule has 0 radical (unpaired) electrons. The van der Waals surface area contributed by atoms with Gasteiger partial charge in [0.2, 0.25) is 0 Å². The zero-order chi connectivity index (χ0) is 8.39. The highest BCUT2D eigenvalue weighted by molar-refractivity contribution is 4.97. The van der Waals surface area contributed by atoms with Crippen LogP contribution < -0.4 is 5.32 Å². The first kappa shape index (κ1) is 7.73. The summed E-state index contributed by atoms with van der Waals surface area (Å²) in [6, 6.07) is 0.422. The Morgan fingerprint density at radius 3 is 3.50 bits per heavy atom. The lowest BCUT2D eigenvalue weighted by atomic mass is 10.1. The van der Waals surface area contributed by atoms with E-state index in [4.69, 9.17) is 0 Å². The molecular formula is C8H14N4. The number of aromatic nitrogens is 3. The number of fused-ring (bicyclic) bond motifs is 1. The van der Waals surface area contributed by atoms with Crippen LogP contribution in [0.15, 0.2) is 6.33 Å². The summed E-state index contributed by atoms with van der Waals surface area (Å²) in [7, 11) is 0.